The molecule has 1 aliphatic heterocycles. The van der Waals surface area contributed by atoms with Crippen molar-refractivity contribution in [2.24, 2.45) is 5.41 Å². The van der Waals surface area contributed by atoms with Crippen LogP contribution in [-0.4, -0.2) is 13.1 Å². The van der Waals surface area contributed by atoms with Crippen LogP contribution in [0.25, 0.3) is 0 Å². The predicted molar refractivity (Wildman–Crippen MR) is 75.6 cm³/mol. The second-order valence-electron chi connectivity index (χ2n) is 5.47. The summed E-state index contributed by atoms with van der Waals surface area (Å²) in [6, 6.07) is 6.73. The van der Waals surface area contributed by atoms with Crippen LogP contribution in [0.2, 0.25) is 0 Å². The minimum atomic E-state index is -0.278. The largest absolute Gasteiger partial charge is 0.369 e. The maximum Gasteiger partial charge on any atom is 0.147 e. The number of nitriles is 1. The first-order chi connectivity index (χ1) is 9.14. The van der Waals surface area contributed by atoms with Gasteiger partial charge in [-0.25, -0.2) is 4.39 Å². The maximum atomic E-state index is 14.0. The molecule has 0 saturated carbocycles. The molecule has 0 aliphatic carbocycles. The molecule has 2 nitrogen and oxygen atoms in total. The van der Waals surface area contributed by atoms with Gasteiger partial charge < -0.3 is 4.90 Å². The van der Waals surface area contributed by atoms with Crippen LogP contribution in [0.1, 0.15) is 45.1 Å². The van der Waals surface area contributed by atoms with Gasteiger partial charge in [0, 0.05) is 13.1 Å². The van der Waals surface area contributed by atoms with Gasteiger partial charge in [0.15, 0.2) is 0 Å². The Kier molecular flexibility index (Phi) is 4.09. The van der Waals surface area contributed by atoms with E-state index >= 15 is 0 Å². The van der Waals surface area contributed by atoms with Gasteiger partial charge in [0.05, 0.1) is 17.3 Å². The number of hydrogen-bond donors (Lipinski definition) is 0. The van der Waals surface area contributed by atoms with E-state index in [9.17, 15) is 4.39 Å². The fourth-order valence-electron chi connectivity index (χ4n) is 3.01. The Morgan fingerprint density at radius 2 is 1.89 bits per heavy atom. The van der Waals surface area contributed by atoms with Gasteiger partial charge in [0.25, 0.3) is 0 Å². The number of benzene rings is 1. The lowest BCUT2D eigenvalue weighted by Crippen LogP contribution is -2.40. The van der Waals surface area contributed by atoms with Crippen LogP contribution >= 0.6 is 0 Å². The highest BCUT2D eigenvalue weighted by Crippen LogP contribution is 2.39. The van der Waals surface area contributed by atoms with E-state index in [1.54, 1.807) is 12.1 Å². The molecule has 0 atom stereocenters. The Morgan fingerprint density at radius 3 is 2.37 bits per heavy atom. The van der Waals surface area contributed by atoms with Gasteiger partial charge in [-0.15, -0.1) is 0 Å². The molecule has 19 heavy (non-hydrogen) atoms. The third kappa shape index (κ3) is 2.73. The molecule has 2 rings (SSSR count). The van der Waals surface area contributed by atoms with E-state index < -0.39 is 0 Å². The van der Waals surface area contributed by atoms with Crippen LogP contribution in [0.3, 0.4) is 0 Å². The Bertz CT molecular complexity index is 476. The van der Waals surface area contributed by atoms with Crippen LogP contribution in [0.15, 0.2) is 18.2 Å². The van der Waals surface area contributed by atoms with Gasteiger partial charge >= 0.3 is 0 Å². The molecule has 0 amide bonds. The summed E-state index contributed by atoms with van der Waals surface area (Å²) < 4.78 is 14.0. The Hall–Kier alpha value is -1.56. The van der Waals surface area contributed by atoms with Crippen LogP contribution in [-0.2, 0) is 0 Å². The minimum Gasteiger partial charge on any atom is -0.369 e. The van der Waals surface area contributed by atoms with E-state index in [0.29, 0.717) is 16.7 Å². The van der Waals surface area contributed by atoms with E-state index in [1.807, 2.05) is 6.07 Å². The SMILES string of the molecule is CCC1(CC)CCN(c2ccc(C#N)cc2F)CC1. The average molecular weight is 260 g/mol. The molecule has 1 aromatic carbocycles. The van der Waals surface area contributed by atoms with Crippen molar-refractivity contribution in [3.05, 3.63) is 29.6 Å². The number of piperidine rings is 1. The lowest BCUT2D eigenvalue weighted by molar-refractivity contribution is 0.199. The van der Waals surface area contributed by atoms with Crippen molar-refractivity contribution in [1.29, 1.82) is 5.26 Å². The van der Waals surface area contributed by atoms with Crippen molar-refractivity contribution in [3.8, 4) is 6.07 Å². The molecule has 0 N–H and O–H groups in total. The van der Waals surface area contributed by atoms with E-state index in [-0.39, 0.29) is 5.82 Å². The van der Waals surface area contributed by atoms with Crippen molar-refractivity contribution >= 4 is 5.69 Å². The topological polar surface area (TPSA) is 27.0 Å². The fraction of sp³-hybridized carbons (Fsp3) is 0.562. The fourth-order valence-corrected chi connectivity index (χ4v) is 3.01. The first-order valence-corrected chi connectivity index (χ1v) is 7.09. The van der Waals surface area contributed by atoms with E-state index in [4.69, 9.17) is 5.26 Å². The van der Waals surface area contributed by atoms with Crippen molar-refractivity contribution < 1.29 is 4.39 Å². The zero-order chi connectivity index (χ0) is 13.9. The maximum absolute atomic E-state index is 14.0. The number of anilines is 1. The molecule has 102 valence electrons. The number of nitrogens with zero attached hydrogens (tertiary/aromatic N) is 2. The summed E-state index contributed by atoms with van der Waals surface area (Å²) in [6.45, 7) is 6.32. The monoisotopic (exact) mass is 260 g/mol. The molecule has 1 aliphatic rings. The van der Waals surface area contributed by atoms with Crippen LogP contribution in [0.5, 0.6) is 0 Å². The molecule has 1 aromatic rings. The third-order valence-corrected chi connectivity index (χ3v) is 4.74. The number of halogens is 1. The van der Waals surface area contributed by atoms with Gasteiger partial charge in [-0.2, -0.15) is 5.26 Å². The molecule has 0 bridgehead atoms. The smallest absolute Gasteiger partial charge is 0.147 e. The van der Waals surface area contributed by atoms with Crippen molar-refractivity contribution in [2.75, 3.05) is 18.0 Å². The highest BCUT2D eigenvalue weighted by Gasteiger charge is 2.31. The molecule has 1 saturated heterocycles. The molecule has 3 heteroatoms. The molecule has 0 radical (unpaired) electrons. The summed E-state index contributed by atoms with van der Waals surface area (Å²) in [4.78, 5) is 2.11. The van der Waals surface area contributed by atoms with Gasteiger partial charge in [0.1, 0.15) is 5.82 Å². The summed E-state index contributed by atoms with van der Waals surface area (Å²) in [5, 5.41) is 8.77. The highest BCUT2D eigenvalue weighted by atomic mass is 19.1. The summed E-state index contributed by atoms with van der Waals surface area (Å²) in [7, 11) is 0. The zero-order valence-electron chi connectivity index (χ0n) is 11.7. The lowest BCUT2D eigenvalue weighted by Gasteiger charge is -2.42. The minimum absolute atomic E-state index is 0.278. The zero-order valence-corrected chi connectivity index (χ0v) is 11.7. The normalized spacial score (nSPS) is 18.1. The van der Waals surface area contributed by atoms with Crippen LogP contribution < -0.4 is 4.90 Å². The number of hydrogen-bond acceptors (Lipinski definition) is 2. The second-order valence-corrected chi connectivity index (χ2v) is 5.47. The molecular formula is C16H21FN2. The van der Waals surface area contributed by atoms with E-state index in [0.717, 1.165) is 25.9 Å². The highest BCUT2D eigenvalue weighted by molar-refractivity contribution is 5.51. The lowest BCUT2D eigenvalue weighted by atomic mass is 9.74. The Labute approximate surface area is 114 Å². The summed E-state index contributed by atoms with van der Waals surface area (Å²) >= 11 is 0. The Morgan fingerprint density at radius 1 is 1.26 bits per heavy atom. The molecule has 0 aromatic heterocycles. The predicted octanol–water partition coefficient (Wildman–Crippen LogP) is 4.10. The van der Waals surface area contributed by atoms with E-state index in [1.165, 1.54) is 18.9 Å². The van der Waals surface area contributed by atoms with Crippen LogP contribution in [0.4, 0.5) is 10.1 Å². The van der Waals surface area contributed by atoms with Gasteiger partial charge in [0.2, 0.25) is 0 Å². The van der Waals surface area contributed by atoms with Crippen molar-refractivity contribution in [1.82, 2.24) is 0 Å². The van der Waals surface area contributed by atoms with Crippen molar-refractivity contribution in [3.63, 3.8) is 0 Å². The molecule has 1 fully saturated rings. The average Bonchev–Trinajstić information content (AvgIpc) is 2.47. The molecule has 0 spiro atoms. The third-order valence-electron chi connectivity index (χ3n) is 4.74. The van der Waals surface area contributed by atoms with Crippen LogP contribution in [0, 0.1) is 22.6 Å². The summed E-state index contributed by atoms with van der Waals surface area (Å²) in [5.74, 6) is -0.278. The van der Waals surface area contributed by atoms with Gasteiger partial charge in [-0.1, -0.05) is 26.7 Å². The Balaban J connectivity index is 2.12. The quantitative estimate of drug-likeness (QED) is 0.818. The molecule has 1 heterocycles. The van der Waals surface area contributed by atoms with Crippen molar-refractivity contribution in [2.45, 2.75) is 39.5 Å². The van der Waals surface area contributed by atoms with E-state index in [2.05, 4.69) is 18.7 Å². The number of rotatable bonds is 3. The first-order valence-electron chi connectivity index (χ1n) is 7.09. The standard InChI is InChI=1S/C16H21FN2/c1-3-16(4-2)7-9-19(10-8-16)15-6-5-13(12-18)11-14(15)17/h5-6,11H,3-4,7-10H2,1-2H3. The summed E-state index contributed by atoms with van der Waals surface area (Å²) in [5.41, 5.74) is 1.47. The molecular weight excluding hydrogens is 239 g/mol. The summed E-state index contributed by atoms with van der Waals surface area (Å²) in [6.07, 6.45) is 4.65. The van der Waals surface area contributed by atoms with Gasteiger partial charge in [-0.3, -0.25) is 0 Å². The first kappa shape index (κ1) is 13.9. The van der Waals surface area contributed by atoms with Gasteiger partial charge in [-0.05, 0) is 36.5 Å². The second kappa shape index (κ2) is 5.61. The molecule has 0 unspecified atom stereocenters.